The Morgan fingerprint density at radius 1 is 1.08 bits per heavy atom. The van der Waals surface area contributed by atoms with Crippen molar-refractivity contribution in [2.24, 2.45) is 0 Å². The first-order chi connectivity index (χ1) is 9.93. The van der Waals surface area contributed by atoms with Crippen molar-refractivity contribution >= 4 is 21.7 Å². The van der Waals surface area contributed by atoms with Gasteiger partial charge >= 0.3 is 0 Å². The van der Waals surface area contributed by atoms with E-state index in [9.17, 15) is 0 Å². The summed E-state index contributed by atoms with van der Waals surface area (Å²) in [6.45, 7) is 22.5. The average molecular weight is 403 g/mol. The fraction of sp³-hybridized carbons (Fsp3) is 0.348. The molecule has 1 nitrogen and oxygen atoms in total. The fourth-order valence-corrected chi connectivity index (χ4v) is 1.52. The number of hydrogen-bond acceptors (Lipinski definition) is 0. The third kappa shape index (κ3) is 16.7. The van der Waals surface area contributed by atoms with E-state index in [0.717, 1.165) is 11.1 Å². The zero-order valence-electron chi connectivity index (χ0n) is 18.2. The molecule has 3 heteroatoms. The van der Waals surface area contributed by atoms with E-state index in [0.29, 0.717) is 0 Å². The van der Waals surface area contributed by atoms with Crippen molar-refractivity contribution < 1.29 is 21.7 Å². The van der Waals surface area contributed by atoms with Gasteiger partial charge in [-0.3, -0.25) is 6.58 Å². The van der Waals surface area contributed by atoms with Gasteiger partial charge in [-0.05, 0) is 0 Å². The van der Waals surface area contributed by atoms with Gasteiger partial charge in [0.05, 0.1) is 0 Å². The van der Waals surface area contributed by atoms with Gasteiger partial charge in [-0.1, -0.05) is 47.6 Å². The zero-order valence-corrected chi connectivity index (χ0v) is 20.7. The Morgan fingerprint density at radius 2 is 1.42 bits per heavy atom. The second-order valence-electron chi connectivity index (χ2n) is 6.75. The number of aryl methyl sites for hydroxylation is 2. The summed E-state index contributed by atoms with van der Waals surface area (Å²) in [6, 6.07) is 10.8. The minimum absolute atomic E-state index is 0. The van der Waals surface area contributed by atoms with Crippen LogP contribution in [0.15, 0.2) is 48.1 Å². The number of benzene rings is 1. The number of nitrogens with one attached hydrogen (secondary N) is 1. The quantitative estimate of drug-likeness (QED) is 0.268. The largest absolute Gasteiger partial charge is 0.673 e. The van der Waals surface area contributed by atoms with Crippen LogP contribution in [0, 0.1) is 35.3 Å². The van der Waals surface area contributed by atoms with Crippen LogP contribution >= 0.6 is 0 Å². The fourth-order valence-electron chi connectivity index (χ4n) is 1.52. The Hall–Kier alpha value is -0.799. The molecule has 0 atom stereocenters. The molecule has 0 bridgehead atoms. The molecule has 0 saturated heterocycles. The smallest absolute Gasteiger partial charge is 0 e. The molecule has 0 spiro atoms. The Labute approximate surface area is 183 Å². The van der Waals surface area contributed by atoms with Gasteiger partial charge in [-0.15, -0.1) is 53.1 Å². The maximum absolute atomic E-state index is 6.94. The van der Waals surface area contributed by atoms with Gasteiger partial charge in [0.1, 0.15) is 0 Å². The topological polar surface area (TPSA) is 23.8 Å². The molecule has 0 aliphatic carbocycles. The van der Waals surface area contributed by atoms with Crippen molar-refractivity contribution in [3.63, 3.8) is 0 Å². The third-order valence-electron chi connectivity index (χ3n) is 3.00. The molecule has 146 valence electrons. The second kappa shape index (κ2) is 16.4. The van der Waals surface area contributed by atoms with Crippen molar-refractivity contribution in [2.45, 2.75) is 54.0 Å². The van der Waals surface area contributed by atoms with Gasteiger partial charge in [-0.2, -0.15) is 12.1 Å². The predicted molar refractivity (Wildman–Crippen MR) is 120 cm³/mol. The molecule has 1 N–H and O–H groups in total. The monoisotopic (exact) mass is 402 g/mol. The van der Waals surface area contributed by atoms with Gasteiger partial charge in [0.2, 0.25) is 0 Å². The first-order valence-electron chi connectivity index (χ1n) is 7.55. The van der Waals surface area contributed by atoms with Gasteiger partial charge < -0.3 is 20.6 Å². The summed E-state index contributed by atoms with van der Waals surface area (Å²) in [5, 5.41) is 2.76. The number of allylic oxidation sites excluding steroid dienone is 2. The van der Waals surface area contributed by atoms with Crippen molar-refractivity contribution in [1.29, 1.82) is 0 Å². The van der Waals surface area contributed by atoms with E-state index < -0.39 is 0 Å². The maximum atomic E-state index is 6.94. The number of rotatable bonds is 1. The van der Waals surface area contributed by atoms with Crippen molar-refractivity contribution in [3.8, 4) is 0 Å². The van der Waals surface area contributed by atoms with Crippen LogP contribution in [0.1, 0.15) is 45.7 Å². The van der Waals surface area contributed by atoms with Crippen molar-refractivity contribution in [3.05, 3.63) is 86.3 Å². The molecule has 4 radical (unpaired) electrons. The normalized spacial score (nSPS) is 8.62. The summed E-state index contributed by atoms with van der Waals surface area (Å²) in [4.78, 5) is 0. The molecule has 0 aromatic heterocycles. The molecule has 0 fully saturated rings. The van der Waals surface area contributed by atoms with Crippen molar-refractivity contribution in [2.75, 3.05) is 0 Å². The standard InChI is InChI=1S/C11H11.C6H9.C4H10N.2CH3.Si.Ti/c1-8-7-10-5-3-4-6-11(10)9(8)2;1-5(2)6(3)4;1-4(2,3)5;;;;/h3-7H,1-2H3;1H,3H2,2,4H3;5H,1-3H3;2*1H3;;/q5*-1;;. The minimum Gasteiger partial charge on any atom is -0.673 e. The Morgan fingerprint density at radius 3 is 1.73 bits per heavy atom. The third-order valence-corrected chi connectivity index (χ3v) is 3.00. The summed E-state index contributed by atoms with van der Waals surface area (Å²) in [6.07, 6.45) is 0. The van der Waals surface area contributed by atoms with Crippen LogP contribution in [0.5, 0.6) is 0 Å². The van der Waals surface area contributed by atoms with E-state index in [1.54, 1.807) is 0 Å². The minimum atomic E-state index is -0.250. The SMILES string of the molecule is CC(C)(C)[NH-].Cc1[cH-]c2ccccc2c1C.[CH-]=C(C)C(=C)C.[CH3-].[CH3-].[Si].[Ti]. The first kappa shape index (κ1) is 36.2. The molecular formula is C23H36NSiTi-5. The van der Waals surface area contributed by atoms with Gasteiger partial charge in [0.25, 0.3) is 0 Å². The molecule has 0 heterocycles. The summed E-state index contributed by atoms with van der Waals surface area (Å²) < 4.78 is 0. The molecule has 2 aromatic rings. The van der Waals surface area contributed by atoms with E-state index in [1.165, 1.54) is 21.9 Å². The van der Waals surface area contributed by atoms with Gasteiger partial charge in [0.15, 0.2) is 0 Å². The second-order valence-corrected chi connectivity index (χ2v) is 6.75. The van der Waals surface area contributed by atoms with E-state index in [1.807, 2.05) is 34.6 Å². The number of fused-ring (bicyclic) bond motifs is 1. The van der Waals surface area contributed by atoms with Crippen LogP contribution in [0.2, 0.25) is 0 Å². The van der Waals surface area contributed by atoms with E-state index in [-0.39, 0.29) is 53.1 Å². The molecule has 26 heavy (non-hydrogen) atoms. The first-order valence-corrected chi connectivity index (χ1v) is 7.55. The molecule has 0 aliphatic heterocycles. The average Bonchev–Trinajstić information content (AvgIpc) is 2.64. The Bertz CT molecular complexity index is 615. The van der Waals surface area contributed by atoms with Gasteiger partial charge in [0, 0.05) is 32.7 Å². The Kier molecular flexibility index (Phi) is 22.8. The molecule has 0 saturated carbocycles. The summed E-state index contributed by atoms with van der Waals surface area (Å²) in [7, 11) is 0. The molecule has 0 amide bonds. The van der Waals surface area contributed by atoms with Crippen LogP contribution in [0.25, 0.3) is 16.5 Å². The van der Waals surface area contributed by atoms with E-state index in [2.05, 4.69) is 50.8 Å². The Balaban J connectivity index is -0.0000000868. The number of hydrogen-bond donors (Lipinski definition) is 0. The van der Waals surface area contributed by atoms with Crippen LogP contribution < -0.4 is 0 Å². The molecule has 2 aromatic carbocycles. The van der Waals surface area contributed by atoms with Crippen LogP contribution in [0.4, 0.5) is 0 Å². The molecule has 0 aliphatic rings. The molecule has 2 rings (SSSR count). The molecule has 0 unspecified atom stereocenters. The van der Waals surface area contributed by atoms with Gasteiger partial charge in [-0.25, -0.2) is 11.1 Å². The summed E-state index contributed by atoms with van der Waals surface area (Å²) >= 11 is 0. The molecular weight excluding hydrogens is 366 g/mol. The van der Waals surface area contributed by atoms with Crippen LogP contribution in [-0.4, -0.2) is 16.5 Å². The van der Waals surface area contributed by atoms with E-state index >= 15 is 0 Å². The van der Waals surface area contributed by atoms with Crippen LogP contribution in [0.3, 0.4) is 0 Å². The summed E-state index contributed by atoms with van der Waals surface area (Å²) in [5.74, 6) is 0. The summed E-state index contributed by atoms with van der Waals surface area (Å²) in [5.41, 5.74) is 11.3. The van der Waals surface area contributed by atoms with Crippen molar-refractivity contribution in [1.82, 2.24) is 0 Å². The van der Waals surface area contributed by atoms with Crippen LogP contribution in [-0.2, 0) is 21.7 Å². The zero-order chi connectivity index (χ0) is 17.5. The van der Waals surface area contributed by atoms with E-state index in [4.69, 9.17) is 12.3 Å². The maximum Gasteiger partial charge on any atom is 0 e. The predicted octanol–water partition coefficient (Wildman–Crippen LogP) is 7.47.